The third-order valence-corrected chi connectivity index (χ3v) is 3.12. The van der Waals surface area contributed by atoms with Gasteiger partial charge in [0.1, 0.15) is 0 Å². The van der Waals surface area contributed by atoms with Crippen molar-refractivity contribution in [3.8, 4) is 23.0 Å². The number of anilines is 1. The topological polar surface area (TPSA) is 84.2 Å². The fourth-order valence-electron chi connectivity index (χ4n) is 1.98. The largest absolute Gasteiger partial charge is 0.504 e. The molecule has 0 atom stereocenters. The number of hydrogen-bond donors (Lipinski definition) is 4. The highest BCUT2D eigenvalue weighted by molar-refractivity contribution is 5.56. The van der Waals surface area contributed by atoms with Crippen LogP contribution in [-0.2, 0) is 6.54 Å². The number of nitrogens with zero attached hydrogens (tertiary/aromatic N) is 1. The first-order chi connectivity index (χ1) is 9.51. The average molecular weight is 275 g/mol. The quantitative estimate of drug-likeness (QED) is 0.644. The van der Waals surface area contributed by atoms with Crippen LogP contribution >= 0.6 is 0 Å². The third-order valence-electron chi connectivity index (χ3n) is 3.12. The van der Waals surface area contributed by atoms with Gasteiger partial charge in [-0.3, -0.25) is 0 Å². The van der Waals surface area contributed by atoms with Crippen LogP contribution in [0.4, 0.5) is 5.69 Å². The molecule has 0 saturated heterocycles. The molecule has 20 heavy (non-hydrogen) atoms. The van der Waals surface area contributed by atoms with E-state index < -0.39 is 0 Å². The van der Waals surface area contributed by atoms with Crippen LogP contribution < -0.4 is 4.90 Å². The van der Waals surface area contributed by atoms with Gasteiger partial charge in [0.25, 0.3) is 0 Å². The molecule has 0 bridgehead atoms. The Morgan fingerprint density at radius 3 is 1.95 bits per heavy atom. The molecule has 0 heterocycles. The van der Waals surface area contributed by atoms with Crippen LogP contribution in [0.25, 0.3) is 0 Å². The Kier molecular flexibility index (Phi) is 3.89. The minimum Gasteiger partial charge on any atom is -0.504 e. The third kappa shape index (κ3) is 2.88. The van der Waals surface area contributed by atoms with Gasteiger partial charge in [-0.15, -0.1) is 0 Å². The van der Waals surface area contributed by atoms with E-state index in [9.17, 15) is 20.4 Å². The molecule has 4 N–H and O–H groups in total. The zero-order valence-electron chi connectivity index (χ0n) is 11.1. The first-order valence-electron chi connectivity index (χ1n) is 6.29. The van der Waals surface area contributed by atoms with Crippen molar-refractivity contribution < 1.29 is 20.4 Å². The van der Waals surface area contributed by atoms with Crippen LogP contribution in [-0.4, -0.2) is 27.0 Å². The summed E-state index contributed by atoms with van der Waals surface area (Å²) < 4.78 is 0. The number of aromatic hydroxyl groups is 4. The molecule has 5 heteroatoms. The fourth-order valence-corrected chi connectivity index (χ4v) is 1.98. The monoisotopic (exact) mass is 275 g/mol. The minimum atomic E-state index is -0.172. The van der Waals surface area contributed by atoms with E-state index in [-0.39, 0.29) is 23.0 Å². The Hall–Kier alpha value is -2.56. The first kappa shape index (κ1) is 13.9. The van der Waals surface area contributed by atoms with E-state index in [1.807, 2.05) is 11.8 Å². The van der Waals surface area contributed by atoms with E-state index in [0.29, 0.717) is 13.1 Å². The van der Waals surface area contributed by atoms with Crippen LogP contribution in [0.3, 0.4) is 0 Å². The second-order valence-corrected chi connectivity index (χ2v) is 4.51. The molecule has 0 aliphatic heterocycles. The first-order valence-corrected chi connectivity index (χ1v) is 6.29. The molecular weight excluding hydrogens is 258 g/mol. The van der Waals surface area contributed by atoms with Crippen LogP contribution in [0.15, 0.2) is 36.4 Å². The molecule has 0 unspecified atom stereocenters. The Labute approximate surface area is 117 Å². The molecule has 0 aliphatic carbocycles. The highest BCUT2D eigenvalue weighted by Gasteiger charge is 2.09. The van der Waals surface area contributed by atoms with E-state index in [4.69, 9.17) is 0 Å². The van der Waals surface area contributed by atoms with Crippen molar-refractivity contribution in [1.82, 2.24) is 0 Å². The lowest BCUT2D eigenvalue weighted by Crippen LogP contribution is -2.21. The van der Waals surface area contributed by atoms with Crippen molar-refractivity contribution in [3.63, 3.8) is 0 Å². The molecule has 2 aromatic rings. The number of phenols is 4. The minimum absolute atomic E-state index is 0.154. The summed E-state index contributed by atoms with van der Waals surface area (Å²) in [5.74, 6) is -0.646. The molecule has 0 saturated carbocycles. The summed E-state index contributed by atoms with van der Waals surface area (Å²) in [6.45, 7) is 3.16. The Balaban J connectivity index is 2.23. The molecule has 0 aliphatic rings. The van der Waals surface area contributed by atoms with Crippen molar-refractivity contribution >= 4 is 5.69 Å². The van der Waals surface area contributed by atoms with Crippen LogP contribution in [0.2, 0.25) is 0 Å². The smallest absolute Gasteiger partial charge is 0.159 e. The molecule has 0 spiro atoms. The number of rotatable bonds is 4. The Morgan fingerprint density at radius 1 is 0.800 bits per heavy atom. The van der Waals surface area contributed by atoms with E-state index >= 15 is 0 Å². The van der Waals surface area contributed by atoms with Crippen LogP contribution in [0.1, 0.15) is 12.5 Å². The summed E-state index contributed by atoms with van der Waals surface area (Å²) in [5.41, 5.74) is 1.59. The number of phenolic OH excluding ortho intramolecular Hbond substituents is 4. The Bertz CT molecular complexity index is 613. The van der Waals surface area contributed by atoms with Crippen molar-refractivity contribution in [2.24, 2.45) is 0 Å². The lowest BCUT2D eigenvalue weighted by Gasteiger charge is -2.23. The fraction of sp³-hybridized carbons (Fsp3) is 0.200. The van der Waals surface area contributed by atoms with Gasteiger partial charge in [-0.25, -0.2) is 0 Å². The SMILES string of the molecule is CCN(Cc1ccc(O)c(O)c1)c1ccc(O)c(O)c1. The normalized spacial score (nSPS) is 10.4. The predicted molar refractivity (Wildman–Crippen MR) is 76.3 cm³/mol. The molecule has 2 rings (SSSR count). The number of benzene rings is 2. The van der Waals surface area contributed by atoms with Gasteiger partial charge >= 0.3 is 0 Å². The van der Waals surface area contributed by atoms with Gasteiger partial charge in [-0.05, 0) is 36.8 Å². The lowest BCUT2D eigenvalue weighted by molar-refractivity contribution is 0.403. The van der Waals surface area contributed by atoms with Gasteiger partial charge in [-0.2, -0.15) is 0 Å². The summed E-state index contributed by atoms with van der Waals surface area (Å²) in [4.78, 5) is 1.96. The van der Waals surface area contributed by atoms with Gasteiger partial charge in [0.15, 0.2) is 23.0 Å². The summed E-state index contributed by atoms with van der Waals surface area (Å²) in [7, 11) is 0. The second-order valence-electron chi connectivity index (χ2n) is 4.51. The zero-order valence-corrected chi connectivity index (χ0v) is 11.1. The summed E-state index contributed by atoms with van der Waals surface area (Å²) in [6.07, 6.45) is 0. The van der Waals surface area contributed by atoms with Gasteiger partial charge in [0, 0.05) is 24.8 Å². The maximum atomic E-state index is 9.54. The van der Waals surface area contributed by atoms with Crippen molar-refractivity contribution in [2.45, 2.75) is 13.5 Å². The molecule has 106 valence electrons. The zero-order chi connectivity index (χ0) is 14.7. The summed E-state index contributed by atoms with van der Waals surface area (Å²) in [6, 6.07) is 9.28. The van der Waals surface area contributed by atoms with Gasteiger partial charge in [0.2, 0.25) is 0 Å². The van der Waals surface area contributed by atoms with E-state index in [1.54, 1.807) is 12.1 Å². The van der Waals surface area contributed by atoms with Gasteiger partial charge in [0.05, 0.1) is 0 Å². The van der Waals surface area contributed by atoms with Crippen molar-refractivity contribution in [3.05, 3.63) is 42.0 Å². The Morgan fingerprint density at radius 2 is 1.40 bits per heavy atom. The van der Waals surface area contributed by atoms with E-state index in [1.165, 1.54) is 24.3 Å². The molecule has 0 amide bonds. The molecule has 2 aromatic carbocycles. The number of hydrogen-bond acceptors (Lipinski definition) is 5. The highest BCUT2D eigenvalue weighted by atomic mass is 16.3. The van der Waals surface area contributed by atoms with Crippen LogP contribution in [0, 0.1) is 0 Å². The second kappa shape index (κ2) is 5.61. The summed E-state index contributed by atoms with van der Waals surface area (Å²) in [5, 5.41) is 37.7. The average Bonchev–Trinajstić information content (AvgIpc) is 2.43. The molecule has 0 aromatic heterocycles. The molecule has 5 nitrogen and oxygen atoms in total. The van der Waals surface area contributed by atoms with E-state index in [2.05, 4.69) is 0 Å². The molecular formula is C15H17NO4. The summed E-state index contributed by atoms with van der Waals surface area (Å²) >= 11 is 0. The standard InChI is InChI=1S/C15H17NO4/c1-2-16(11-4-6-13(18)15(20)8-11)9-10-3-5-12(17)14(19)7-10/h3-8,17-20H,2,9H2,1H3. The highest BCUT2D eigenvalue weighted by Crippen LogP contribution is 2.31. The molecule has 0 fully saturated rings. The van der Waals surface area contributed by atoms with Crippen LogP contribution in [0.5, 0.6) is 23.0 Å². The maximum Gasteiger partial charge on any atom is 0.159 e. The van der Waals surface area contributed by atoms with Gasteiger partial charge < -0.3 is 25.3 Å². The maximum absolute atomic E-state index is 9.54. The predicted octanol–water partition coefficient (Wildman–Crippen LogP) is 2.54. The van der Waals surface area contributed by atoms with Crippen molar-refractivity contribution in [2.75, 3.05) is 11.4 Å². The molecule has 0 radical (unpaired) electrons. The van der Waals surface area contributed by atoms with E-state index in [0.717, 1.165) is 11.3 Å². The van der Waals surface area contributed by atoms with Crippen molar-refractivity contribution in [1.29, 1.82) is 0 Å². The lowest BCUT2D eigenvalue weighted by atomic mass is 10.1. The van der Waals surface area contributed by atoms with Gasteiger partial charge in [-0.1, -0.05) is 6.07 Å².